The molecular weight excluding hydrogens is 224 g/mol. The van der Waals surface area contributed by atoms with Gasteiger partial charge >= 0.3 is 12.0 Å². The lowest BCUT2D eigenvalue weighted by atomic mass is 9.99. The van der Waals surface area contributed by atoms with Gasteiger partial charge in [-0.3, -0.25) is 0 Å². The smallest absolute Gasteiger partial charge is 0.332 e. The average molecular weight is 244 g/mol. The van der Waals surface area contributed by atoms with E-state index in [0.717, 1.165) is 12.8 Å². The lowest BCUT2D eigenvalue weighted by Crippen LogP contribution is -2.58. The SMILES string of the molecule is CCC(CC)NC(=O)NC1(C(=O)O)CCOC1. The molecule has 17 heavy (non-hydrogen) atoms. The molecule has 6 heteroatoms. The third-order valence-corrected chi connectivity index (χ3v) is 3.10. The van der Waals surface area contributed by atoms with Crippen molar-refractivity contribution in [1.82, 2.24) is 10.6 Å². The van der Waals surface area contributed by atoms with Crippen LogP contribution in [0.1, 0.15) is 33.1 Å². The monoisotopic (exact) mass is 244 g/mol. The summed E-state index contributed by atoms with van der Waals surface area (Å²) in [5.74, 6) is -1.05. The summed E-state index contributed by atoms with van der Waals surface area (Å²) in [6, 6.07) is -0.366. The summed E-state index contributed by atoms with van der Waals surface area (Å²) in [7, 11) is 0. The van der Waals surface area contributed by atoms with Gasteiger partial charge in [-0.05, 0) is 12.8 Å². The maximum absolute atomic E-state index is 11.7. The predicted molar refractivity (Wildman–Crippen MR) is 61.8 cm³/mol. The second-order valence-corrected chi connectivity index (χ2v) is 4.30. The van der Waals surface area contributed by atoms with E-state index >= 15 is 0 Å². The highest BCUT2D eigenvalue weighted by atomic mass is 16.5. The third-order valence-electron chi connectivity index (χ3n) is 3.10. The summed E-state index contributed by atoms with van der Waals surface area (Å²) in [5, 5.41) is 14.4. The molecule has 1 rings (SSSR count). The molecule has 1 heterocycles. The number of hydrogen-bond donors (Lipinski definition) is 3. The summed E-state index contributed by atoms with van der Waals surface area (Å²) < 4.78 is 5.06. The molecule has 1 unspecified atom stereocenters. The molecule has 1 fully saturated rings. The van der Waals surface area contributed by atoms with Crippen molar-refractivity contribution < 1.29 is 19.4 Å². The Kier molecular flexibility index (Phi) is 4.74. The lowest BCUT2D eigenvalue weighted by molar-refractivity contribution is -0.144. The summed E-state index contributed by atoms with van der Waals surface area (Å²) >= 11 is 0. The number of rotatable bonds is 5. The van der Waals surface area contributed by atoms with Crippen LogP contribution in [0.4, 0.5) is 4.79 Å². The highest BCUT2D eigenvalue weighted by molar-refractivity contribution is 5.86. The maximum atomic E-state index is 11.7. The van der Waals surface area contributed by atoms with Crippen molar-refractivity contribution in [1.29, 1.82) is 0 Å². The Morgan fingerprint density at radius 1 is 1.41 bits per heavy atom. The first-order chi connectivity index (χ1) is 8.04. The fourth-order valence-electron chi connectivity index (χ4n) is 1.82. The zero-order valence-electron chi connectivity index (χ0n) is 10.3. The van der Waals surface area contributed by atoms with Crippen LogP contribution in [0.15, 0.2) is 0 Å². The lowest BCUT2D eigenvalue weighted by Gasteiger charge is -2.25. The molecule has 0 saturated carbocycles. The van der Waals surface area contributed by atoms with Gasteiger partial charge in [0.05, 0.1) is 6.61 Å². The van der Waals surface area contributed by atoms with Gasteiger partial charge < -0.3 is 20.5 Å². The summed E-state index contributed by atoms with van der Waals surface area (Å²) in [6.07, 6.45) is 1.94. The van der Waals surface area contributed by atoms with E-state index in [9.17, 15) is 9.59 Å². The Morgan fingerprint density at radius 2 is 2.06 bits per heavy atom. The third kappa shape index (κ3) is 3.33. The van der Waals surface area contributed by atoms with E-state index in [-0.39, 0.29) is 12.6 Å². The Hall–Kier alpha value is -1.30. The molecule has 2 amide bonds. The van der Waals surface area contributed by atoms with E-state index in [1.54, 1.807) is 0 Å². The summed E-state index contributed by atoms with van der Waals surface area (Å²) in [4.78, 5) is 22.9. The predicted octanol–water partition coefficient (Wildman–Crippen LogP) is 0.718. The minimum Gasteiger partial charge on any atom is -0.479 e. The molecule has 0 bridgehead atoms. The van der Waals surface area contributed by atoms with E-state index in [1.807, 2.05) is 13.8 Å². The normalized spacial score (nSPS) is 23.7. The van der Waals surface area contributed by atoms with Crippen LogP contribution in [-0.2, 0) is 9.53 Å². The van der Waals surface area contributed by atoms with Crippen LogP contribution in [-0.4, -0.2) is 41.9 Å². The molecule has 98 valence electrons. The molecule has 6 nitrogen and oxygen atoms in total. The molecular formula is C11H20N2O4. The van der Waals surface area contributed by atoms with Gasteiger partial charge in [0, 0.05) is 19.1 Å². The van der Waals surface area contributed by atoms with Crippen molar-refractivity contribution in [2.24, 2.45) is 0 Å². The standard InChI is InChI=1S/C11H20N2O4/c1-3-8(4-2)12-10(16)13-11(9(14)15)5-6-17-7-11/h8H,3-7H2,1-2H3,(H,14,15)(H2,12,13,16). The average Bonchev–Trinajstić information content (AvgIpc) is 2.75. The van der Waals surface area contributed by atoms with Gasteiger partial charge in [-0.25, -0.2) is 9.59 Å². The Balaban J connectivity index is 2.56. The highest BCUT2D eigenvalue weighted by Crippen LogP contribution is 2.18. The first-order valence-electron chi connectivity index (χ1n) is 5.94. The summed E-state index contributed by atoms with van der Waals surface area (Å²) in [5.41, 5.74) is -1.27. The number of carbonyl (C=O) groups is 2. The minimum absolute atomic E-state index is 0.0265. The van der Waals surface area contributed by atoms with Crippen LogP contribution < -0.4 is 10.6 Å². The van der Waals surface area contributed by atoms with Crippen LogP contribution >= 0.6 is 0 Å². The molecule has 1 aliphatic rings. The van der Waals surface area contributed by atoms with E-state index < -0.39 is 17.5 Å². The topological polar surface area (TPSA) is 87.7 Å². The minimum atomic E-state index is -1.27. The second kappa shape index (κ2) is 5.86. The number of carboxylic acid groups (broad SMARTS) is 1. The van der Waals surface area contributed by atoms with Crippen LogP contribution in [0.25, 0.3) is 0 Å². The van der Waals surface area contributed by atoms with Gasteiger partial charge in [-0.2, -0.15) is 0 Å². The number of hydrogen-bond acceptors (Lipinski definition) is 3. The number of ether oxygens (including phenoxy) is 1. The van der Waals surface area contributed by atoms with Crippen LogP contribution in [0.3, 0.4) is 0 Å². The number of carbonyl (C=O) groups excluding carboxylic acids is 1. The van der Waals surface area contributed by atoms with Gasteiger partial charge in [0.1, 0.15) is 0 Å². The molecule has 0 aliphatic carbocycles. The zero-order chi connectivity index (χ0) is 12.9. The van der Waals surface area contributed by atoms with E-state index in [1.165, 1.54) is 0 Å². The Bertz CT molecular complexity index is 283. The van der Waals surface area contributed by atoms with Crippen LogP contribution in [0.5, 0.6) is 0 Å². The van der Waals surface area contributed by atoms with Crippen molar-refractivity contribution in [2.75, 3.05) is 13.2 Å². The molecule has 0 radical (unpaired) electrons. The number of aliphatic carboxylic acids is 1. The van der Waals surface area contributed by atoms with Crippen LogP contribution in [0, 0.1) is 0 Å². The molecule has 0 spiro atoms. The number of urea groups is 1. The van der Waals surface area contributed by atoms with E-state index in [0.29, 0.717) is 13.0 Å². The van der Waals surface area contributed by atoms with Crippen molar-refractivity contribution in [3.8, 4) is 0 Å². The molecule has 1 aliphatic heterocycles. The van der Waals surface area contributed by atoms with Gasteiger partial charge in [-0.1, -0.05) is 13.8 Å². The summed E-state index contributed by atoms with van der Waals surface area (Å²) in [6.45, 7) is 4.33. The highest BCUT2D eigenvalue weighted by Gasteiger charge is 2.44. The van der Waals surface area contributed by atoms with Crippen molar-refractivity contribution in [2.45, 2.75) is 44.7 Å². The molecule has 1 atom stereocenters. The van der Waals surface area contributed by atoms with E-state index in [2.05, 4.69) is 10.6 Å². The van der Waals surface area contributed by atoms with Crippen molar-refractivity contribution in [3.05, 3.63) is 0 Å². The van der Waals surface area contributed by atoms with Gasteiger partial charge in [0.2, 0.25) is 0 Å². The molecule has 1 saturated heterocycles. The quantitative estimate of drug-likeness (QED) is 0.665. The van der Waals surface area contributed by atoms with Gasteiger partial charge in [-0.15, -0.1) is 0 Å². The van der Waals surface area contributed by atoms with Crippen molar-refractivity contribution >= 4 is 12.0 Å². The Labute approximate surface area is 101 Å². The molecule has 0 aromatic rings. The van der Waals surface area contributed by atoms with Gasteiger partial charge in [0.25, 0.3) is 0 Å². The Morgan fingerprint density at radius 3 is 2.47 bits per heavy atom. The molecule has 0 aromatic heterocycles. The fourth-order valence-corrected chi connectivity index (χ4v) is 1.82. The number of amides is 2. The largest absolute Gasteiger partial charge is 0.479 e. The second-order valence-electron chi connectivity index (χ2n) is 4.30. The first kappa shape index (κ1) is 13.8. The molecule has 0 aromatic carbocycles. The first-order valence-corrected chi connectivity index (χ1v) is 5.94. The maximum Gasteiger partial charge on any atom is 0.332 e. The molecule has 3 N–H and O–H groups in total. The van der Waals surface area contributed by atoms with Crippen LogP contribution in [0.2, 0.25) is 0 Å². The number of nitrogens with one attached hydrogen (secondary N) is 2. The number of carboxylic acids is 1. The fraction of sp³-hybridized carbons (Fsp3) is 0.818. The zero-order valence-corrected chi connectivity index (χ0v) is 10.3. The van der Waals surface area contributed by atoms with E-state index in [4.69, 9.17) is 9.84 Å². The van der Waals surface area contributed by atoms with Crippen molar-refractivity contribution in [3.63, 3.8) is 0 Å². The van der Waals surface area contributed by atoms with Gasteiger partial charge in [0.15, 0.2) is 5.54 Å².